The van der Waals surface area contributed by atoms with Gasteiger partial charge in [0.05, 0.1) is 24.4 Å². The molecule has 2 unspecified atom stereocenters. The van der Waals surface area contributed by atoms with Gasteiger partial charge in [0.15, 0.2) is 0 Å². The molecule has 5 heteroatoms. The molecule has 2 aliphatic rings. The molecule has 3 aromatic carbocycles. The fourth-order valence-electron chi connectivity index (χ4n) is 6.18. The van der Waals surface area contributed by atoms with E-state index in [1.807, 2.05) is 12.1 Å². The fraction of sp³-hybridized carbons (Fsp3) is 0.455. The normalized spacial score (nSPS) is 20.7. The Morgan fingerprint density at radius 1 is 0.895 bits per heavy atom. The number of hydrogen-bond acceptors (Lipinski definition) is 4. The first-order chi connectivity index (χ1) is 18.2. The minimum Gasteiger partial charge on any atom is -0.497 e. The summed E-state index contributed by atoms with van der Waals surface area (Å²) in [6, 6.07) is 23.6. The van der Waals surface area contributed by atoms with Crippen LogP contribution in [0, 0.1) is 11.8 Å². The van der Waals surface area contributed by atoms with E-state index in [2.05, 4.69) is 87.6 Å². The third kappa shape index (κ3) is 5.24. The van der Waals surface area contributed by atoms with Gasteiger partial charge in [-0.2, -0.15) is 0 Å². The molecule has 1 N–H and O–H groups in total. The van der Waals surface area contributed by atoms with E-state index in [-0.39, 0.29) is 12.0 Å². The van der Waals surface area contributed by atoms with Gasteiger partial charge in [0, 0.05) is 11.6 Å². The van der Waals surface area contributed by atoms with Gasteiger partial charge in [-0.05, 0) is 92.5 Å². The number of methoxy groups -OCH3 is 1. The zero-order chi connectivity index (χ0) is 26.9. The van der Waals surface area contributed by atoms with Crippen LogP contribution in [0.2, 0.25) is 0 Å². The van der Waals surface area contributed by atoms with Gasteiger partial charge in [-0.1, -0.05) is 61.7 Å². The van der Waals surface area contributed by atoms with Crippen LogP contribution >= 0.6 is 0 Å². The van der Waals surface area contributed by atoms with E-state index >= 15 is 0 Å². The molecule has 2 atom stereocenters. The summed E-state index contributed by atoms with van der Waals surface area (Å²) in [5.74, 6) is 1.48. The Labute approximate surface area is 228 Å². The quantitative estimate of drug-likeness (QED) is 0.308. The second-order valence-corrected chi connectivity index (χ2v) is 12.0. The van der Waals surface area contributed by atoms with Gasteiger partial charge in [-0.25, -0.2) is 0 Å². The van der Waals surface area contributed by atoms with E-state index in [1.165, 1.54) is 48.4 Å². The third-order valence-corrected chi connectivity index (χ3v) is 9.07. The first-order valence-electron chi connectivity index (χ1n) is 14.1. The smallest absolute Gasteiger partial charge is 0.490 e. The lowest BCUT2D eigenvalue weighted by Gasteiger charge is -2.39. The summed E-state index contributed by atoms with van der Waals surface area (Å²) in [6.45, 7) is 13.2. The van der Waals surface area contributed by atoms with E-state index in [1.54, 1.807) is 7.11 Å². The lowest BCUT2D eigenvalue weighted by atomic mass is 9.61. The van der Waals surface area contributed by atoms with Crippen molar-refractivity contribution in [3.8, 4) is 5.75 Å². The van der Waals surface area contributed by atoms with Crippen molar-refractivity contribution in [3.63, 3.8) is 0 Å². The summed E-state index contributed by atoms with van der Waals surface area (Å²) >= 11 is 0. The molecule has 0 bridgehead atoms. The van der Waals surface area contributed by atoms with Crippen LogP contribution in [-0.4, -0.2) is 25.4 Å². The van der Waals surface area contributed by atoms with Crippen molar-refractivity contribution < 1.29 is 14.0 Å². The Morgan fingerprint density at radius 2 is 1.53 bits per heavy atom. The molecule has 1 saturated carbocycles. The van der Waals surface area contributed by atoms with Crippen molar-refractivity contribution in [2.45, 2.75) is 77.0 Å². The van der Waals surface area contributed by atoms with E-state index in [0.717, 1.165) is 16.9 Å². The van der Waals surface area contributed by atoms with Gasteiger partial charge >= 0.3 is 7.12 Å². The number of anilines is 1. The summed E-state index contributed by atoms with van der Waals surface area (Å²) in [7, 11) is 1.26. The summed E-state index contributed by atoms with van der Waals surface area (Å²) in [5.41, 5.74) is 2.57. The predicted octanol–water partition coefficient (Wildman–Crippen LogP) is 8.39. The van der Waals surface area contributed by atoms with Crippen LogP contribution in [0.25, 0.3) is 10.8 Å². The van der Waals surface area contributed by atoms with E-state index in [9.17, 15) is 0 Å². The van der Waals surface area contributed by atoms with Crippen molar-refractivity contribution in [1.82, 2.24) is 0 Å². The monoisotopic (exact) mass is 511 g/mol. The van der Waals surface area contributed by atoms with Crippen LogP contribution in [0.3, 0.4) is 0 Å². The molecule has 3 aromatic rings. The van der Waals surface area contributed by atoms with Gasteiger partial charge in [0.2, 0.25) is 0 Å². The maximum absolute atomic E-state index is 6.59. The first kappa shape index (κ1) is 26.8. The van der Waals surface area contributed by atoms with Gasteiger partial charge in [-0.15, -0.1) is 6.58 Å². The zero-order valence-electron chi connectivity index (χ0n) is 23.6. The van der Waals surface area contributed by atoms with E-state index in [0.29, 0.717) is 5.92 Å². The van der Waals surface area contributed by atoms with Crippen molar-refractivity contribution in [3.05, 3.63) is 84.3 Å². The Bertz CT molecular complexity index is 1240. The molecular formula is C33H42BNO3. The van der Waals surface area contributed by atoms with Gasteiger partial charge in [0.1, 0.15) is 5.75 Å². The molecule has 0 radical (unpaired) electrons. The lowest BCUT2D eigenvalue weighted by Crippen LogP contribution is -2.41. The molecule has 5 rings (SSSR count). The maximum Gasteiger partial charge on any atom is 0.490 e. The Hall–Kier alpha value is -2.76. The molecule has 1 aliphatic heterocycles. The molecule has 1 heterocycles. The number of benzene rings is 3. The van der Waals surface area contributed by atoms with Gasteiger partial charge in [-0.3, -0.25) is 0 Å². The van der Waals surface area contributed by atoms with Crippen LogP contribution in [-0.2, 0) is 9.31 Å². The van der Waals surface area contributed by atoms with Crippen molar-refractivity contribution in [2.75, 3.05) is 12.4 Å². The molecule has 2 fully saturated rings. The van der Waals surface area contributed by atoms with E-state index in [4.69, 9.17) is 20.6 Å². The van der Waals surface area contributed by atoms with Crippen LogP contribution in [0.5, 0.6) is 5.75 Å². The highest BCUT2D eigenvalue weighted by atomic mass is 16.7. The molecular weight excluding hydrogens is 469 g/mol. The molecule has 1 saturated heterocycles. The molecule has 0 aromatic heterocycles. The van der Waals surface area contributed by atoms with Gasteiger partial charge in [0.25, 0.3) is 0 Å². The summed E-state index contributed by atoms with van der Waals surface area (Å²) in [6.07, 6.45) is 6.19. The van der Waals surface area contributed by atoms with Crippen LogP contribution in [0.4, 0.5) is 5.69 Å². The average Bonchev–Trinajstić information content (AvgIpc) is 3.15. The lowest BCUT2D eigenvalue weighted by molar-refractivity contribution is 0.00578. The Morgan fingerprint density at radius 3 is 2.18 bits per heavy atom. The van der Waals surface area contributed by atoms with Crippen molar-refractivity contribution in [1.29, 1.82) is 0 Å². The number of ether oxygens (including phenoxy) is 1. The van der Waals surface area contributed by atoms with E-state index < -0.39 is 18.3 Å². The second kappa shape index (κ2) is 10.8. The van der Waals surface area contributed by atoms with Crippen molar-refractivity contribution in [2.24, 2.45) is 11.8 Å². The minimum absolute atomic E-state index is 0.00381. The second-order valence-electron chi connectivity index (χ2n) is 12.0. The molecule has 4 nitrogen and oxygen atoms in total. The molecule has 0 amide bonds. The Kier molecular flexibility index (Phi) is 7.62. The number of rotatable bonds is 8. The molecule has 38 heavy (non-hydrogen) atoms. The average molecular weight is 512 g/mol. The Balaban J connectivity index is 1.61. The third-order valence-electron chi connectivity index (χ3n) is 9.07. The highest BCUT2D eigenvalue weighted by Gasteiger charge is 2.54. The van der Waals surface area contributed by atoms with Crippen LogP contribution in [0.1, 0.15) is 71.4 Å². The maximum atomic E-state index is 6.59. The number of hydrogen-bond donors (Lipinski definition) is 1. The highest BCUT2D eigenvalue weighted by molar-refractivity contribution is 6.54. The fourth-order valence-corrected chi connectivity index (χ4v) is 6.18. The molecule has 1 aliphatic carbocycles. The zero-order valence-corrected chi connectivity index (χ0v) is 23.6. The van der Waals surface area contributed by atoms with Crippen LogP contribution < -0.4 is 10.1 Å². The standard InChI is InChI=1S/C33H42BNO3/c1-23(34-37-32(2,3)33(4,5)38-34)30(25-14-8-7-9-15-25)31(35-26-19-21-27(36-6)22-20-26)29-18-12-16-24-13-10-11-17-28(24)29/h10-13,16-22,25,30-31,35H,1,7-9,14-15H2,2-6H3. The topological polar surface area (TPSA) is 39.7 Å². The van der Waals surface area contributed by atoms with Crippen molar-refractivity contribution >= 4 is 23.6 Å². The summed E-state index contributed by atoms with van der Waals surface area (Å²) in [4.78, 5) is 0. The predicted molar refractivity (Wildman–Crippen MR) is 159 cm³/mol. The molecule has 0 spiro atoms. The number of nitrogens with one attached hydrogen (secondary N) is 1. The minimum atomic E-state index is -0.443. The van der Waals surface area contributed by atoms with Gasteiger partial charge < -0.3 is 19.4 Å². The first-order valence-corrected chi connectivity index (χ1v) is 14.1. The van der Waals surface area contributed by atoms with Crippen LogP contribution in [0.15, 0.2) is 78.8 Å². The summed E-state index contributed by atoms with van der Waals surface area (Å²) < 4.78 is 18.6. The molecule has 200 valence electrons. The number of fused-ring (bicyclic) bond motifs is 1. The largest absolute Gasteiger partial charge is 0.497 e. The summed E-state index contributed by atoms with van der Waals surface area (Å²) in [5, 5.41) is 6.47. The highest BCUT2D eigenvalue weighted by Crippen LogP contribution is 2.47. The SMILES string of the molecule is C=C(B1OC(C)(C)C(C)(C)O1)C(C1CCCCC1)C(Nc1ccc(OC)cc1)c1cccc2ccccc12.